The number of hydrogen-bond donors (Lipinski definition) is 1. The van der Waals surface area contributed by atoms with E-state index in [4.69, 9.17) is 5.14 Å². The van der Waals surface area contributed by atoms with E-state index in [2.05, 4.69) is 0 Å². The summed E-state index contributed by atoms with van der Waals surface area (Å²) in [4.78, 5) is 14.2. The molecule has 1 amide bonds. The van der Waals surface area contributed by atoms with Crippen LogP contribution in [-0.4, -0.2) is 32.3 Å². The summed E-state index contributed by atoms with van der Waals surface area (Å²) in [5.74, 6) is -0.0295. The van der Waals surface area contributed by atoms with Crippen molar-refractivity contribution in [2.24, 2.45) is 5.14 Å². The highest BCUT2D eigenvalue weighted by atomic mass is 32.2. The molecule has 1 aromatic rings. The number of carbonyl (C=O) groups excluding carboxylic acids is 1. The Morgan fingerprint density at radius 1 is 1.21 bits per heavy atom. The van der Waals surface area contributed by atoms with Crippen LogP contribution in [-0.2, 0) is 10.0 Å². The molecule has 104 valence electrons. The van der Waals surface area contributed by atoms with Gasteiger partial charge in [0.2, 0.25) is 10.0 Å². The lowest BCUT2D eigenvalue weighted by atomic mass is 10.1. The summed E-state index contributed by atoms with van der Waals surface area (Å²) in [6, 6.07) is 4.39. The molecule has 0 radical (unpaired) electrons. The molecule has 2 rings (SSSR count). The molecule has 1 fully saturated rings. The fourth-order valence-electron chi connectivity index (χ4n) is 2.32. The number of sulfonamides is 1. The van der Waals surface area contributed by atoms with Crippen LogP contribution >= 0.6 is 0 Å². The van der Waals surface area contributed by atoms with E-state index in [9.17, 15) is 13.2 Å². The minimum atomic E-state index is -3.72. The highest BCUT2D eigenvalue weighted by Gasteiger charge is 2.20. The molecular weight excluding hydrogens is 264 g/mol. The second-order valence-corrected chi connectivity index (χ2v) is 6.44. The van der Waals surface area contributed by atoms with E-state index >= 15 is 0 Å². The van der Waals surface area contributed by atoms with Gasteiger partial charge in [-0.25, -0.2) is 13.6 Å². The zero-order valence-electron chi connectivity index (χ0n) is 10.9. The maximum Gasteiger partial charge on any atom is 0.254 e. The lowest BCUT2D eigenvalue weighted by Crippen LogP contribution is -2.36. The van der Waals surface area contributed by atoms with Crippen molar-refractivity contribution >= 4 is 15.9 Å². The summed E-state index contributed by atoms with van der Waals surface area (Å²) in [6.45, 7) is 3.27. The van der Waals surface area contributed by atoms with Crippen molar-refractivity contribution < 1.29 is 13.2 Å². The highest BCUT2D eigenvalue weighted by Crippen LogP contribution is 2.18. The molecule has 0 saturated carbocycles. The lowest BCUT2D eigenvalue weighted by molar-refractivity contribution is 0.0723. The molecule has 0 aromatic heterocycles. The number of nitrogens with zero attached hydrogens (tertiary/aromatic N) is 1. The van der Waals surface area contributed by atoms with Gasteiger partial charge in [-0.2, -0.15) is 0 Å². The van der Waals surface area contributed by atoms with Crippen LogP contribution in [0.3, 0.4) is 0 Å². The third-order valence-corrected chi connectivity index (χ3v) is 4.31. The van der Waals surface area contributed by atoms with Crippen LogP contribution in [0.5, 0.6) is 0 Å². The van der Waals surface area contributed by atoms with Crippen LogP contribution < -0.4 is 5.14 Å². The quantitative estimate of drug-likeness (QED) is 0.887. The van der Waals surface area contributed by atoms with E-state index < -0.39 is 10.0 Å². The van der Waals surface area contributed by atoms with Gasteiger partial charge in [-0.1, -0.05) is 0 Å². The third-order valence-electron chi connectivity index (χ3n) is 3.40. The first-order valence-corrected chi connectivity index (χ1v) is 7.87. The molecule has 0 spiro atoms. The Bertz CT molecular complexity index is 590. The minimum absolute atomic E-state index is 0.0295. The number of primary sulfonamides is 1. The third kappa shape index (κ3) is 3.13. The largest absolute Gasteiger partial charge is 0.339 e. The first-order valence-electron chi connectivity index (χ1n) is 6.32. The van der Waals surface area contributed by atoms with E-state index in [1.807, 2.05) is 4.90 Å². The number of carbonyl (C=O) groups is 1. The van der Waals surface area contributed by atoms with Gasteiger partial charge in [-0.15, -0.1) is 0 Å². The highest BCUT2D eigenvalue weighted by molar-refractivity contribution is 7.89. The van der Waals surface area contributed by atoms with Gasteiger partial charge in [0.1, 0.15) is 0 Å². The van der Waals surface area contributed by atoms with E-state index in [1.165, 1.54) is 12.1 Å². The predicted molar refractivity (Wildman–Crippen MR) is 72.3 cm³/mol. The maximum absolute atomic E-state index is 12.3. The SMILES string of the molecule is Cc1cc(S(N)(=O)=O)ccc1C(=O)N1CCCCC1. The molecule has 19 heavy (non-hydrogen) atoms. The molecule has 0 aliphatic carbocycles. The Morgan fingerprint density at radius 3 is 2.37 bits per heavy atom. The summed E-state index contributed by atoms with van der Waals surface area (Å²) in [5, 5.41) is 5.07. The Labute approximate surface area is 113 Å². The van der Waals surface area contributed by atoms with E-state index in [0.717, 1.165) is 32.4 Å². The van der Waals surface area contributed by atoms with Gasteiger partial charge in [0, 0.05) is 18.7 Å². The summed E-state index contributed by atoms with van der Waals surface area (Å²) >= 11 is 0. The van der Waals surface area contributed by atoms with Gasteiger partial charge in [0.05, 0.1) is 4.90 Å². The zero-order valence-corrected chi connectivity index (χ0v) is 11.7. The average Bonchev–Trinajstić information content (AvgIpc) is 2.38. The van der Waals surface area contributed by atoms with Crippen LogP contribution in [0.25, 0.3) is 0 Å². The van der Waals surface area contributed by atoms with E-state index in [1.54, 1.807) is 13.0 Å². The number of aryl methyl sites for hydroxylation is 1. The molecule has 6 heteroatoms. The fourth-order valence-corrected chi connectivity index (χ4v) is 2.92. The lowest BCUT2D eigenvalue weighted by Gasteiger charge is -2.27. The molecule has 1 aliphatic heterocycles. The Morgan fingerprint density at radius 2 is 1.84 bits per heavy atom. The number of rotatable bonds is 2. The van der Waals surface area contributed by atoms with Crippen LogP contribution in [0.15, 0.2) is 23.1 Å². The molecule has 5 nitrogen and oxygen atoms in total. The maximum atomic E-state index is 12.3. The van der Waals surface area contributed by atoms with Crippen molar-refractivity contribution in [3.8, 4) is 0 Å². The molecule has 0 unspecified atom stereocenters. The van der Waals surface area contributed by atoms with Crippen LogP contribution in [0.2, 0.25) is 0 Å². The monoisotopic (exact) mass is 282 g/mol. The van der Waals surface area contributed by atoms with Crippen molar-refractivity contribution in [3.05, 3.63) is 29.3 Å². The smallest absolute Gasteiger partial charge is 0.254 e. The number of likely N-dealkylation sites (tertiary alicyclic amines) is 1. The summed E-state index contributed by atoms with van der Waals surface area (Å²) in [7, 11) is -3.72. The molecule has 1 heterocycles. The average molecular weight is 282 g/mol. The van der Waals surface area contributed by atoms with Gasteiger partial charge in [0.25, 0.3) is 5.91 Å². The number of amides is 1. The molecular formula is C13H18N2O3S. The Kier molecular flexibility index (Phi) is 3.91. The van der Waals surface area contributed by atoms with E-state index in [0.29, 0.717) is 11.1 Å². The molecule has 1 aliphatic rings. The van der Waals surface area contributed by atoms with Gasteiger partial charge in [-0.3, -0.25) is 4.79 Å². The molecule has 1 aromatic carbocycles. The van der Waals surface area contributed by atoms with Crippen molar-refractivity contribution in [2.75, 3.05) is 13.1 Å². The summed E-state index contributed by atoms with van der Waals surface area (Å²) in [5.41, 5.74) is 1.19. The standard InChI is InChI=1S/C13H18N2O3S/c1-10-9-11(19(14,17)18)5-6-12(10)13(16)15-7-3-2-4-8-15/h5-6,9H,2-4,7-8H2,1H3,(H2,14,17,18). The van der Waals surface area contributed by atoms with Crippen molar-refractivity contribution in [1.82, 2.24) is 4.90 Å². The van der Waals surface area contributed by atoms with Crippen LogP contribution in [0.4, 0.5) is 0 Å². The number of piperidine rings is 1. The number of hydrogen-bond acceptors (Lipinski definition) is 3. The zero-order chi connectivity index (χ0) is 14.0. The molecule has 1 saturated heterocycles. The first kappa shape index (κ1) is 14.0. The predicted octanol–water partition coefficient (Wildman–Crippen LogP) is 1.27. The van der Waals surface area contributed by atoms with Crippen molar-refractivity contribution in [1.29, 1.82) is 0 Å². The minimum Gasteiger partial charge on any atom is -0.339 e. The molecule has 0 bridgehead atoms. The van der Waals surface area contributed by atoms with Crippen LogP contribution in [0.1, 0.15) is 35.2 Å². The Balaban J connectivity index is 2.28. The van der Waals surface area contributed by atoms with Gasteiger partial charge < -0.3 is 4.90 Å². The van der Waals surface area contributed by atoms with E-state index in [-0.39, 0.29) is 10.8 Å². The second kappa shape index (κ2) is 5.30. The summed E-state index contributed by atoms with van der Waals surface area (Å²) < 4.78 is 22.5. The Hall–Kier alpha value is -1.40. The molecule has 0 atom stereocenters. The van der Waals surface area contributed by atoms with Crippen LogP contribution in [0, 0.1) is 6.92 Å². The fraction of sp³-hybridized carbons (Fsp3) is 0.462. The van der Waals surface area contributed by atoms with Gasteiger partial charge >= 0.3 is 0 Å². The first-order chi connectivity index (χ1) is 8.89. The number of nitrogens with two attached hydrogens (primary N) is 1. The normalized spacial score (nSPS) is 16.4. The van der Waals surface area contributed by atoms with Crippen molar-refractivity contribution in [3.63, 3.8) is 0 Å². The second-order valence-electron chi connectivity index (χ2n) is 4.87. The van der Waals surface area contributed by atoms with Crippen molar-refractivity contribution in [2.45, 2.75) is 31.1 Å². The van der Waals surface area contributed by atoms with Gasteiger partial charge in [-0.05, 0) is 49.9 Å². The topological polar surface area (TPSA) is 80.5 Å². The number of benzene rings is 1. The summed E-state index contributed by atoms with van der Waals surface area (Å²) in [6.07, 6.45) is 3.22. The molecule has 2 N–H and O–H groups in total. The van der Waals surface area contributed by atoms with Gasteiger partial charge in [0.15, 0.2) is 0 Å².